The van der Waals surface area contributed by atoms with Gasteiger partial charge in [0.1, 0.15) is 11.9 Å². The van der Waals surface area contributed by atoms with E-state index in [1.165, 1.54) is 0 Å². The summed E-state index contributed by atoms with van der Waals surface area (Å²) in [7, 11) is 1.77. The maximum atomic E-state index is 12.5. The second kappa shape index (κ2) is 5.42. The fourth-order valence-corrected chi connectivity index (χ4v) is 3.47. The number of hydrogen-bond acceptors (Lipinski definition) is 5. The molecule has 0 fully saturated rings. The number of aryl methyl sites for hydroxylation is 1. The Bertz CT molecular complexity index is 888. The van der Waals surface area contributed by atoms with Gasteiger partial charge in [-0.05, 0) is 37.1 Å². The average Bonchev–Trinajstić information content (AvgIpc) is 3.02. The minimum Gasteiger partial charge on any atom is -0.452 e. The van der Waals surface area contributed by atoms with Crippen LogP contribution in [0, 0.1) is 0 Å². The molecule has 7 heteroatoms. The lowest BCUT2D eigenvalue weighted by Crippen LogP contribution is -2.42. The first kappa shape index (κ1) is 15.8. The van der Waals surface area contributed by atoms with Crippen molar-refractivity contribution in [2.45, 2.75) is 31.8 Å². The molecule has 2 aliphatic rings. The van der Waals surface area contributed by atoms with Crippen LogP contribution in [0.2, 0.25) is 0 Å². The molecule has 3 heterocycles. The lowest BCUT2D eigenvalue weighted by Gasteiger charge is -2.31. The van der Waals surface area contributed by atoms with Gasteiger partial charge in [-0.25, -0.2) is 9.78 Å². The highest BCUT2D eigenvalue weighted by molar-refractivity contribution is 5.96. The summed E-state index contributed by atoms with van der Waals surface area (Å²) in [5, 5.41) is 9.45. The molecule has 0 unspecified atom stereocenters. The first-order chi connectivity index (χ1) is 11.9. The normalized spacial score (nSPS) is 22.4. The van der Waals surface area contributed by atoms with E-state index in [0.717, 1.165) is 16.9 Å². The first-order valence-corrected chi connectivity index (χ1v) is 8.22. The number of aliphatic hydroxyl groups excluding tert-OH is 1. The molecule has 4 rings (SSSR count). The van der Waals surface area contributed by atoms with E-state index in [4.69, 9.17) is 4.74 Å². The molecule has 1 amide bonds. The van der Waals surface area contributed by atoms with Gasteiger partial charge in [-0.3, -0.25) is 9.36 Å². The van der Waals surface area contributed by atoms with Crippen LogP contribution >= 0.6 is 0 Å². The van der Waals surface area contributed by atoms with Gasteiger partial charge in [0.05, 0.1) is 12.3 Å². The summed E-state index contributed by atoms with van der Waals surface area (Å²) in [6, 6.07) is 5.73. The van der Waals surface area contributed by atoms with Crippen LogP contribution < -0.4 is 4.90 Å². The van der Waals surface area contributed by atoms with Crippen molar-refractivity contribution in [3.05, 3.63) is 41.5 Å². The largest absolute Gasteiger partial charge is 0.452 e. The van der Waals surface area contributed by atoms with Gasteiger partial charge in [0.15, 0.2) is 5.69 Å². The highest BCUT2D eigenvalue weighted by Crippen LogP contribution is 2.32. The number of anilines is 1. The van der Waals surface area contributed by atoms with Gasteiger partial charge in [0, 0.05) is 31.3 Å². The second-order valence-corrected chi connectivity index (χ2v) is 6.85. The average molecular weight is 341 g/mol. The summed E-state index contributed by atoms with van der Waals surface area (Å²) in [5.41, 5.74) is 2.85. The van der Waals surface area contributed by atoms with Crippen LogP contribution in [0.3, 0.4) is 0 Å². The zero-order valence-corrected chi connectivity index (χ0v) is 14.2. The maximum absolute atomic E-state index is 12.5. The predicted octanol–water partition coefficient (Wildman–Crippen LogP) is 1.25. The molecule has 0 saturated heterocycles. The standard InChI is InChI=1S/C18H19N3O4/c1-18(9-22)8-13-16(17(24)25-18)21(10-19-13)12-4-5-14-11(7-12)3-6-15(23)20(14)2/h4-5,7,10,22H,3,6,8-9H2,1-2H3/t18-/m1/s1. The summed E-state index contributed by atoms with van der Waals surface area (Å²) in [6.45, 7) is 1.45. The lowest BCUT2D eigenvalue weighted by atomic mass is 9.97. The molecule has 7 nitrogen and oxygen atoms in total. The molecule has 1 atom stereocenters. The monoisotopic (exact) mass is 341 g/mol. The van der Waals surface area contributed by atoms with E-state index in [2.05, 4.69) is 4.98 Å². The topological polar surface area (TPSA) is 84.7 Å². The quantitative estimate of drug-likeness (QED) is 0.831. The van der Waals surface area contributed by atoms with Crippen molar-refractivity contribution in [1.29, 1.82) is 0 Å². The predicted molar refractivity (Wildman–Crippen MR) is 89.9 cm³/mol. The third-order valence-electron chi connectivity index (χ3n) is 4.94. The molecule has 1 aromatic carbocycles. The molecule has 0 bridgehead atoms. The number of ether oxygens (including phenoxy) is 1. The van der Waals surface area contributed by atoms with E-state index in [0.29, 0.717) is 30.7 Å². The van der Waals surface area contributed by atoms with Crippen LogP contribution in [0.4, 0.5) is 5.69 Å². The number of cyclic esters (lactones) is 1. The first-order valence-electron chi connectivity index (χ1n) is 8.22. The van der Waals surface area contributed by atoms with Crippen LogP contribution in [0.15, 0.2) is 24.5 Å². The number of benzene rings is 1. The zero-order valence-electron chi connectivity index (χ0n) is 14.2. The van der Waals surface area contributed by atoms with Crippen molar-refractivity contribution in [1.82, 2.24) is 9.55 Å². The van der Waals surface area contributed by atoms with Gasteiger partial charge in [-0.2, -0.15) is 0 Å². The van der Waals surface area contributed by atoms with Gasteiger partial charge < -0.3 is 14.7 Å². The summed E-state index contributed by atoms with van der Waals surface area (Å²) in [4.78, 5) is 30.3. The van der Waals surface area contributed by atoms with Crippen LogP contribution in [0.5, 0.6) is 0 Å². The molecule has 0 aliphatic carbocycles. The molecular weight excluding hydrogens is 322 g/mol. The Kier molecular flexibility index (Phi) is 3.43. The molecule has 130 valence electrons. The summed E-state index contributed by atoms with van der Waals surface area (Å²) in [5.74, 6) is -0.382. The van der Waals surface area contributed by atoms with Crippen molar-refractivity contribution in [2.24, 2.45) is 0 Å². The number of carbonyl (C=O) groups is 2. The Morgan fingerprint density at radius 3 is 2.88 bits per heavy atom. The Hall–Kier alpha value is -2.67. The van der Waals surface area contributed by atoms with E-state index in [9.17, 15) is 14.7 Å². The Morgan fingerprint density at radius 2 is 2.12 bits per heavy atom. The fraction of sp³-hybridized carbons (Fsp3) is 0.389. The van der Waals surface area contributed by atoms with Gasteiger partial charge in [-0.1, -0.05) is 0 Å². The molecule has 2 aromatic rings. The van der Waals surface area contributed by atoms with Crippen molar-refractivity contribution in [2.75, 3.05) is 18.6 Å². The van der Waals surface area contributed by atoms with Crippen molar-refractivity contribution in [3.63, 3.8) is 0 Å². The van der Waals surface area contributed by atoms with Crippen LogP contribution in [0.25, 0.3) is 5.69 Å². The number of fused-ring (bicyclic) bond motifs is 2. The number of aromatic nitrogens is 2. The van der Waals surface area contributed by atoms with E-state index in [1.54, 1.807) is 29.8 Å². The van der Waals surface area contributed by atoms with Crippen LogP contribution in [0.1, 0.15) is 35.1 Å². The van der Waals surface area contributed by atoms with Crippen LogP contribution in [-0.2, 0) is 22.4 Å². The number of imidazole rings is 1. The van der Waals surface area contributed by atoms with Gasteiger partial charge in [-0.15, -0.1) is 0 Å². The molecule has 0 radical (unpaired) electrons. The van der Waals surface area contributed by atoms with Crippen molar-refractivity contribution in [3.8, 4) is 5.69 Å². The van der Waals surface area contributed by atoms with Crippen LogP contribution in [-0.4, -0.2) is 45.8 Å². The third kappa shape index (κ3) is 2.42. The highest BCUT2D eigenvalue weighted by Gasteiger charge is 2.39. The molecule has 0 saturated carbocycles. The Labute approximate surface area is 144 Å². The number of hydrogen-bond donors (Lipinski definition) is 1. The number of nitrogens with zero attached hydrogens (tertiary/aromatic N) is 3. The van der Waals surface area contributed by atoms with Gasteiger partial charge >= 0.3 is 5.97 Å². The molecule has 25 heavy (non-hydrogen) atoms. The number of rotatable bonds is 2. The van der Waals surface area contributed by atoms with E-state index in [-0.39, 0.29) is 12.5 Å². The molecule has 2 aliphatic heterocycles. The minimum absolute atomic E-state index is 0.104. The molecule has 0 spiro atoms. The number of carbonyl (C=O) groups excluding carboxylic acids is 2. The summed E-state index contributed by atoms with van der Waals surface area (Å²) < 4.78 is 7.12. The fourth-order valence-electron chi connectivity index (χ4n) is 3.47. The zero-order chi connectivity index (χ0) is 17.8. The lowest BCUT2D eigenvalue weighted by molar-refractivity contribution is -0.118. The summed E-state index contributed by atoms with van der Waals surface area (Å²) in [6.07, 6.45) is 3.14. The second-order valence-electron chi connectivity index (χ2n) is 6.85. The number of esters is 1. The molecular formula is C18H19N3O4. The van der Waals surface area contributed by atoms with E-state index < -0.39 is 11.6 Å². The van der Waals surface area contributed by atoms with Crippen molar-refractivity contribution >= 4 is 17.6 Å². The third-order valence-corrected chi connectivity index (χ3v) is 4.94. The smallest absolute Gasteiger partial charge is 0.357 e. The van der Waals surface area contributed by atoms with Gasteiger partial charge in [0.25, 0.3) is 0 Å². The maximum Gasteiger partial charge on any atom is 0.357 e. The van der Waals surface area contributed by atoms with Gasteiger partial charge in [0.2, 0.25) is 5.91 Å². The summed E-state index contributed by atoms with van der Waals surface area (Å²) >= 11 is 0. The van der Waals surface area contributed by atoms with Crippen molar-refractivity contribution < 1.29 is 19.4 Å². The Morgan fingerprint density at radius 1 is 1.32 bits per heavy atom. The number of amides is 1. The number of aliphatic hydroxyl groups is 1. The SMILES string of the molecule is CN1C(=O)CCc2cc(-n3cnc4c3C(=O)O[C@@](C)(CO)C4)ccc21. The highest BCUT2D eigenvalue weighted by atomic mass is 16.6. The molecule has 1 aromatic heterocycles. The minimum atomic E-state index is -0.928. The Balaban J connectivity index is 1.76. The molecule has 1 N–H and O–H groups in total. The van der Waals surface area contributed by atoms with E-state index in [1.807, 2.05) is 18.2 Å². The van der Waals surface area contributed by atoms with E-state index >= 15 is 0 Å².